The highest BCUT2D eigenvalue weighted by Gasteiger charge is 2.22. The van der Waals surface area contributed by atoms with Crippen LogP contribution in [0.15, 0.2) is 73.6 Å². The Bertz CT molecular complexity index is 1780. The number of anilines is 2. The van der Waals surface area contributed by atoms with E-state index in [2.05, 4.69) is 71.8 Å². The molecular formula is C34H38N8O. The molecule has 0 bridgehead atoms. The predicted molar refractivity (Wildman–Crippen MR) is 173 cm³/mol. The first-order valence-corrected chi connectivity index (χ1v) is 15.0. The number of piperazine rings is 1. The molecule has 2 aromatic carbocycles. The van der Waals surface area contributed by atoms with Gasteiger partial charge in [0.05, 0.1) is 11.9 Å². The van der Waals surface area contributed by atoms with E-state index in [1.54, 1.807) is 0 Å². The van der Waals surface area contributed by atoms with Crippen molar-refractivity contribution in [2.45, 2.75) is 39.7 Å². The molecule has 0 radical (unpaired) electrons. The van der Waals surface area contributed by atoms with Crippen LogP contribution in [0.25, 0.3) is 27.7 Å². The zero-order valence-electron chi connectivity index (χ0n) is 25.1. The lowest BCUT2D eigenvalue weighted by atomic mass is 9.97. The van der Waals surface area contributed by atoms with Crippen LogP contribution < -0.4 is 10.2 Å². The molecule has 3 aromatic heterocycles. The molecule has 0 amide bonds. The van der Waals surface area contributed by atoms with Crippen LogP contribution in [0.4, 0.5) is 11.9 Å². The number of rotatable bonds is 10. The fourth-order valence-corrected chi connectivity index (χ4v) is 5.72. The maximum atomic E-state index is 11.9. The van der Waals surface area contributed by atoms with Crippen LogP contribution in [0.2, 0.25) is 0 Å². The van der Waals surface area contributed by atoms with Crippen molar-refractivity contribution in [1.82, 2.24) is 29.5 Å². The van der Waals surface area contributed by atoms with Gasteiger partial charge in [-0.3, -0.25) is 9.78 Å². The molecule has 220 valence electrons. The maximum absolute atomic E-state index is 11.9. The smallest absolute Gasteiger partial charge is 0.230 e. The number of nitrogens with one attached hydrogen (secondary N) is 1. The van der Waals surface area contributed by atoms with Crippen molar-refractivity contribution >= 4 is 34.1 Å². The molecule has 9 heteroatoms. The fourth-order valence-electron chi connectivity index (χ4n) is 5.72. The SMILES string of the molecule is C=CC(=O)Cc1ccc2c(-c3ccccc3CNc3nc(N4CCN(CC)CC4)nc4c(C(C)C)cnn34)nccc2c1. The lowest BCUT2D eigenvalue weighted by Crippen LogP contribution is -2.46. The van der Waals surface area contributed by atoms with Crippen LogP contribution in [0, 0.1) is 0 Å². The van der Waals surface area contributed by atoms with E-state index in [0.29, 0.717) is 24.8 Å². The summed E-state index contributed by atoms with van der Waals surface area (Å²) in [5, 5.41) is 10.4. The molecule has 0 saturated carbocycles. The van der Waals surface area contributed by atoms with Crippen LogP contribution >= 0.6 is 0 Å². The lowest BCUT2D eigenvalue weighted by Gasteiger charge is -2.34. The van der Waals surface area contributed by atoms with Gasteiger partial charge in [-0.2, -0.15) is 19.6 Å². The number of allylic oxidation sites excluding steroid dienone is 1. The van der Waals surface area contributed by atoms with Crippen molar-refractivity contribution in [1.29, 1.82) is 0 Å². The second-order valence-corrected chi connectivity index (χ2v) is 11.3. The predicted octanol–water partition coefficient (Wildman–Crippen LogP) is 5.51. The van der Waals surface area contributed by atoms with Gasteiger partial charge in [-0.05, 0) is 41.1 Å². The van der Waals surface area contributed by atoms with Gasteiger partial charge >= 0.3 is 0 Å². The van der Waals surface area contributed by atoms with Crippen molar-refractivity contribution in [2.24, 2.45) is 0 Å². The fraction of sp³-hybridized carbons (Fsp3) is 0.324. The molecule has 0 spiro atoms. The minimum atomic E-state index is 0.00736. The number of nitrogens with zero attached hydrogens (tertiary/aromatic N) is 7. The Labute approximate surface area is 252 Å². The Balaban J connectivity index is 1.33. The molecule has 1 fully saturated rings. The van der Waals surface area contributed by atoms with E-state index in [0.717, 1.165) is 83.0 Å². The highest BCUT2D eigenvalue weighted by molar-refractivity contribution is 5.97. The third-order valence-corrected chi connectivity index (χ3v) is 8.25. The standard InChI is InChI=1S/C34H38N8O/c1-5-27(43)20-24-11-12-29-25(19-24)13-14-35-31(29)28-10-8-7-9-26(28)21-36-33-39-34(41-17-15-40(6-2)16-18-41)38-32-30(23(3)4)22-37-42(32)33/h5,7-14,19,22-23H,1,6,15-18,20-21H2,2-4H3,(H,36,38,39). The third-order valence-electron chi connectivity index (χ3n) is 8.25. The van der Waals surface area contributed by atoms with E-state index in [9.17, 15) is 4.79 Å². The van der Waals surface area contributed by atoms with Crippen LogP contribution in [-0.2, 0) is 17.8 Å². The average molecular weight is 575 g/mol. The van der Waals surface area contributed by atoms with Crippen molar-refractivity contribution in [3.8, 4) is 11.3 Å². The van der Waals surface area contributed by atoms with E-state index in [1.807, 2.05) is 41.2 Å². The van der Waals surface area contributed by atoms with E-state index in [1.165, 1.54) is 6.08 Å². The number of likely N-dealkylation sites (N-methyl/N-ethyl adjacent to an activating group) is 1. The first-order valence-electron chi connectivity index (χ1n) is 15.0. The molecule has 1 saturated heterocycles. The van der Waals surface area contributed by atoms with Crippen LogP contribution in [0.1, 0.15) is 43.4 Å². The quantitative estimate of drug-likeness (QED) is 0.218. The molecule has 1 aliphatic rings. The van der Waals surface area contributed by atoms with E-state index in [4.69, 9.17) is 15.0 Å². The van der Waals surface area contributed by atoms with Gasteiger partial charge < -0.3 is 15.1 Å². The first-order chi connectivity index (χ1) is 20.9. The number of pyridine rings is 1. The molecule has 0 aliphatic carbocycles. The molecule has 0 unspecified atom stereocenters. The number of benzene rings is 2. The zero-order valence-corrected chi connectivity index (χ0v) is 25.1. The summed E-state index contributed by atoms with van der Waals surface area (Å²) in [7, 11) is 0. The van der Waals surface area contributed by atoms with Gasteiger partial charge in [0.25, 0.3) is 0 Å². The monoisotopic (exact) mass is 574 g/mol. The van der Waals surface area contributed by atoms with Gasteiger partial charge in [-0.1, -0.05) is 69.8 Å². The summed E-state index contributed by atoms with van der Waals surface area (Å²) in [5.41, 5.74) is 5.95. The highest BCUT2D eigenvalue weighted by Crippen LogP contribution is 2.31. The van der Waals surface area contributed by atoms with Crippen molar-refractivity contribution in [3.63, 3.8) is 0 Å². The highest BCUT2D eigenvalue weighted by atomic mass is 16.1. The number of carbonyl (C=O) groups excluding carboxylic acids is 1. The second-order valence-electron chi connectivity index (χ2n) is 11.3. The summed E-state index contributed by atoms with van der Waals surface area (Å²) < 4.78 is 1.83. The maximum Gasteiger partial charge on any atom is 0.230 e. The van der Waals surface area contributed by atoms with E-state index >= 15 is 0 Å². The summed E-state index contributed by atoms with van der Waals surface area (Å²) in [4.78, 5) is 31.4. The minimum Gasteiger partial charge on any atom is -0.350 e. The van der Waals surface area contributed by atoms with E-state index < -0.39 is 0 Å². The minimum absolute atomic E-state index is 0.00736. The van der Waals surface area contributed by atoms with Crippen molar-refractivity contribution in [3.05, 3.63) is 90.3 Å². The van der Waals surface area contributed by atoms with E-state index in [-0.39, 0.29) is 5.78 Å². The molecule has 6 rings (SSSR count). The third kappa shape index (κ3) is 5.85. The second kappa shape index (κ2) is 12.3. The number of carbonyl (C=O) groups is 1. The largest absolute Gasteiger partial charge is 0.350 e. The first kappa shape index (κ1) is 28.5. The van der Waals surface area contributed by atoms with Gasteiger partial charge in [0.15, 0.2) is 11.4 Å². The molecule has 43 heavy (non-hydrogen) atoms. The van der Waals surface area contributed by atoms with Gasteiger partial charge in [-0.25, -0.2) is 0 Å². The molecule has 5 aromatic rings. The Morgan fingerprint density at radius 2 is 1.88 bits per heavy atom. The molecule has 0 atom stereocenters. The Kier molecular flexibility index (Phi) is 8.16. The summed E-state index contributed by atoms with van der Waals surface area (Å²) >= 11 is 0. The lowest BCUT2D eigenvalue weighted by molar-refractivity contribution is -0.114. The average Bonchev–Trinajstić information content (AvgIpc) is 3.48. The van der Waals surface area contributed by atoms with Crippen LogP contribution in [-0.4, -0.2) is 68.0 Å². The summed E-state index contributed by atoms with van der Waals surface area (Å²) in [6.45, 7) is 15.5. The van der Waals surface area contributed by atoms with Crippen molar-refractivity contribution in [2.75, 3.05) is 42.9 Å². The summed E-state index contributed by atoms with van der Waals surface area (Å²) in [6.07, 6.45) is 5.45. The molecule has 1 N–H and O–H groups in total. The summed E-state index contributed by atoms with van der Waals surface area (Å²) in [5.74, 6) is 1.71. The van der Waals surface area contributed by atoms with Crippen LogP contribution in [0.5, 0.6) is 0 Å². The molecule has 4 heterocycles. The van der Waals surface area contributed by atoms with Gasteiger partial charge in [0.1, 0.15) is 0 Å². The van der Waals surface area contributed by atoms with Crippen LogP contribution in [0.3, 0.4) is 0 Å². The number of aromatic nitrogens is 5. The molecule has 9 nitrogen and oxygen atoms in total. The zero-order chi connectivity index (χ0) is 29.9. The topological polar surface area (TPSA) is 91.5 Å². The molecule has 1 aliphatic heterocycles. The number of hydrogen-bond donors (Lipinski definition) is 1. The number of fused-ring (bicyclic) bond motifs is 2. The Morgan fingerprint density at radius 3 is 2.65 bits per heavy atom. The Hall–Kier alpha value is -4.63. The van der Waals surface area contributed by atoms with Gasteiger partial charge in [0.2, 0.25) is 11.9 Å². The number of ketones is 1. The summed E-state index contributed by atoms with van der Waals surface area (Å²) in [6, 6.07) is 16.4. The Morgan fingerprint density at radius 1 is 1.07 bits per heavy atom. The molecular weight excluding hydrogens is 536 g/mol. The normalized spacial score (nSPS) is 14.1. The van der Waals surface area contributed by atoms with Gasteiger partial charge in [0, 0.05) is 61.9 Å². The van der Waals surface area contributed by atoms with Gasteiger partial charge in [-0.15, -0.1) is 0 Å². The van der Waals surface area contributed by atoms with Crippen molar-refractivity contribution < 1.29 is 4.79 Å². The number of hydrogen-bond acceptors (Lipinski definition) is 8.